The van der Waals surface area contributed by atoms with Crippen molar-refractivity contribution in [1.29, 1.82) is 0 Å². The number of hydrogen-bond acceptors (Lipinski definition) is 3. The van der Waals surface area contributed by atoms with Crippen molar-refractivity contribution in [2.75, 3.05) is 11.9 Å². The third-order valence-corrected chi connectivity index (χ3v) is 4.66. The zero-order valence-corrected chi connectivity index (χ0v) is 13.9. The summed E-state index contributed by atoms with van der Waals surface area (Å²) in [5, 5.41) is 11.9. The van der Waals surface area contributed by atoms with Gasteiger partial charge < -0.3 is 10.4 Å². The van der Waals surface area contributed by atoms with E-state index in [0.29, 0.717) is 12.1 Å². The minimum Gasteiger partial charge on any atom is -0.396 e. The van der Waals surface area contributed by atoms with Gasteiger partial charge >= 0.3 is 0 Å². The quantitative estimate of drug-likeness (QED) is 0.849. The van der Waals surface area contributed by atoms with E-state index >= 15 is 0 Å². The van der Waals surface area contributed by atoms with Gasteiger partial charge in [0.25, 0.3) is 0 Å². The van der Waals surface area contributed by atoms with Crippen LogP contribution in [0.2, 0.25) is 0 Å². The van der Waals surface area contributed by atoms with Crippen molar-refractivity contribution >= 4 is 11.6 Å². The van der Waals surface area contributed by atoms with Crippen molar-refractivity contribution in [1.82, 2.24) is 4.90 Å². The van der Waals surface area contributed by atoms with Gasteiger partial charge in [-0.25, -0.2) is 0 Å². The highest BCUT2D eigenvalue weighted by Gasteiger charge is 2.34. The molecule has 0 unspecified atom stereocenters. The molecule has 4 heteroatoms. The lowest BCUT2D eigenvalue weighted by Crippen LogP contribution is -2.46. The van der Waals surface area contributed by atoms with Crippen LogP contribution in [0, 0.1) is 0 Å². The fourth-order valence-electron chi connectivity index (χ4n) is 3.45. The van der Waals surface area contributed by atoms with Crippen molar-refractivity contribution in [3.63, 3.8) is 0 Å². The van der Waals surface area contributed by atoms with Gasteiger partial charge in [0.2, 0.25) is 5.91 Å². The lowest BCUT2D eigenvalue weighted by Gasteiger charge is -2.31. The first-order valence-electron chi connectivity index (χ1n) is 8.31. The second-order valence-electron chi connectivity index (χ2n) is 6.42. The molecule has 0 radical (unpaired) electrons. The summed E-state index contributed by atoms with van der Waals surface area (Å²) >= 11 is 0. The van der Waals surface area contributed by atoms with Crippen LogP contribution in [0.15, 0.2) is 24.3 Å². The van der Waals surface area contributed by atoms with Gasteiger partial charge in [-0.2, -0.15) is 0 Å². The third kappa shape index (κ3) is 4.08. The molecule has 0 aliphatic carbocycles. The van der Waals surface area contributed by atoms with Crippen LogP contribution in [0.3, 0.4) is 0 Å². The highest BCUT2D eigenvalue weighted by Crippen LogP contribution is 2.26. The molecular formula is C18H28N2O2. The van der Waals surface area contributed by atoms with Gasteiger partial charge in [-0.1, -0.05) is 12.1 Å². The Balaban J connectivity index is 1.99. The number of aliphatic hydroxyl groups is 1. The smallest absolute Gasteiger partial charge is 0.241 e. The first-order chi connectivity index (χ1) is 10.5. The van der Waals surface area contributed by atoms with Crippen molar-refractivity contribution in [2.45, 2.75) is 64.6 Å². The number of aliphatic hydroxyl groups excluding tert-OH is 1. The second kappa shape index (κ2) is 7.75. The summed E-state index contributed by atoms with van der Waals surface area (Å²) in [5.74, 6) is 0.0555. The van der Waals surface area contributed by atoms with E-state index in [-0.39, 0.29) is 18.6 Å². The molecule has 2 rings (SSSR count). The molecule has 3 atom stereocenters. The first kappa shape index (κ1) is 17.0. The molecule has 0 spiro atoms. The fourth-order valence-corrected chi connectivity index (χ4v) is 3.45. The van der Waals surface area contributed by atoms with Crippen LogP contribution in [-0.4, -0.2) is 40.6 Å². The van der Waals surface area contributed by atoms with Crippen LogP contribution in [-0.2, 0) is 11.2 Å². The number of amides is 1. The molecule has 0 saturated carbocycles. The third-order valence-electron chi connectivity index (χ3n) is 4.66. The molecule has 1 aromatic rings. The van der Waals surface area contributed by atoms with Gasteiger partial charge in [0.05, 0.1) is 6.04 Å². The Morgan fingerprint density at radius 1 is 1.36 bits per heavy atom. The summed E-state index contributed by atoms with van der Waals surface area (Å²) in [6, 6.07) is 8.71. The number of aryl methyl sites for hydroxylation is 1. The van der Waals surface area contributed by atoms with E-state index < -0.39 is 0 Å². The van der Waals surface area contributed by atoms with Gasteiger partial charge in [0, 0.05) is 24.4 Å². The van der Waals surface area contributed by atoms with Crippen LogP contribution < -0.4 is 5.32 Å². The summed E-state index contributed by atoms with van der Waals surface area (Å²) in [5.41, 5.74) is 1.98. The van der Waals surface area contributed by atoms with Crippen molar-refractivity contribution in [3.8, 4) is 0 Å². The lowest BCUT2D eigenvalue weighted by atomic mass is 10.1. The van der Waals surface area contributed by atoms with E-state index in [4.69, 9.17) is 5.11 Å². The van der Waals surface area contributed by atoms with Gasteiger partial charge in [0.15, 0.2) is 0 Å². The molecule has 1 fully saturated rings. The SMILES string of the molecule is C[C@@H]1CC[C@H](C)N1[C@@H](C)C(=O)Nc1cccc(CCCO)c1. The highest BCUT2D eigenvalue weighted by molar-refractivity contribution is 5.94. The predicted molar refractivity (Wildman–Crippen MR) is 89.9 cm³/mol. The molecule has 22 heavy (non-hydrogen) atoms. The average molecular weight is 304 g/mol. The van der Waals surface area contributed by atoms with Crippen LogP contribution in [0.25, 0.3) is 0 Å². The van der Waals surface area contributed by atoms with E-state index in [0.717, 1.165) is 36.9 Å². The molecule has 1 saturated heterocycles. The highest BCUT2D eigenvalue weighted by atomic mass is 16.2. The van der Waals surface area contributed by atoms with Crippen LogP contribution in [0.5, 0.6) is 0 Å². The monoisotopic (exact) mass is 304 g/mol. The maximum atomic E-state index is 12.5. The number of likely N-dealkylation sites (tertiary alicyclic amines) is 1. The molecule has 4 nitrogen and oxygen atoms in total. The number of nitrogens with zero attached hydrogens (tertiary/aromatic N) is 1. The Kier molecular flexibility index (Phi) is 5.98. The van der Waals surface area contributed by atoms with Gasteiger partial charge in [-0.3, -0.25) is 9.69 Å². The van der Waals surface area contributed by atoms with Crippen LogP contribution in [0.1, 0.15) is 45.6 Å². The summed E-state index contributed by atoms with van der Waals surface area (Å²) in [6.07, 6.45) is 3.90. The fraction of sp³-hybridized carbons (Fsp3) is 0.611. The summed E-state index contributed by atoms with van der Waals surface area (Å²) < 4.78 is 0. The van der Waals surface area contributed by atoms with Crippen LogP contribution in [0.4, 0.5) is 5.69 Å². The molecule has 0 aromatic heterocycles. The predicted octanol–water partition coefficient (Wildman–Crippen LogP) is 2.81. The molecule has 2 N–H and O–H groups in total. The Bertz CT molecular complexity index is 494. The zero-order valence-electron chi connectivity index (χ0n) is 13.9. The summed E-state index contributed by atoms with van der Waals surface area (Å²) in [7, 11) is 0. The number of nitrogens with one attached hydrogen (secondary N) is 1. The molecule has 122 valence electrons. The molecule has 1 aliphatic heterocycles. The van der Waals surface area contributed by atoms with Gasteiger partial charge in [-0.05, 0) is 64.2 Å². The minimum absolute atomic E-state index is 0.0555. The number of carbonyl (C=O) groups excluding carboxylic acids is 1. The zero-order chi connectivity index (χ0) is 16.1. The number of carbonyl (C=O) groups is 1. The summed E-state index contributed by atoms with van der Waals surface area (Å²) in [4.78, 5) is 14.8. The molecule has 1 aromatic carbocycles. The van der Waals surface area contributed by atoms with Gasteiger partial charge in [-0.15, -0.1) is 0 Å². The number of anilines is 1. The maximum Gasteiger partial charge on any atom is 0.241 e. The lowest BCUT2D eigenvalue weighted by molar-refractivity contribution is -0.121. The maximum absolute atomic E-state index is 12.5. The molecule has 1 amide bonds. The first-order valence-corrected chi connectivity index (χ1v) is 8.31. The largest absolute Gasteiger partial charge is 0.396 e. The molecule has 1 aliphatic rings. The number of benzene rings is 1. The van der Waals surface area contributed by atoms with Gasteiger partial charge in [0.1, 0.15) is 0 Å². The Labute approximate surface area is 133 Å². The molecular weight excluding hydrogens is 276 g/mol. The Morgan fingerprint density at radius 3 is 2.68 bits per heavy atom. The summed E-state index contributed by atoms with van der Waals surface area (Å²) in [6.45, 7) is 6.58. The molecule has 1 heterocycles. The average Bonchev–Trinajstić information content (AvgIpc) is 2.84. The number of rotatable bonds is 6. The minimum atomic E-state index is -0.117. The Morgan fingerprint density at radius 2 is 2.05 bits per heavy atom. The molecule has 0 bridgehead atoms. The van der Waals surface area contributed by atoms with Crippen LogP contribution >= 0.6 is 0 Å². The van der Waals surface area contributed by atoms with Crippen molar-refractivity contribution < 1.29 is 9.90 Å². The van der Waals surface area contributed by atoms with E-state index in [2.05, 4.69) is 24.1 Å². The van der Waals surface area contributed by atoms with Crippen molar-refractivity contribution in [2.24, 2.45) is 0 Å². The van der Waals surface area contributed by atoms with E-state index in [1.54, 1.807) is 0 Å². The van der Waals surface area contributed by atoms with Crippen molar-refractivity contribution in [3.05, 3.63) is 29.8 Å². The van der Waals surface area contributed by atoms with E-state index in [9.17, 15) is 4.79 Å². The number of hydrogen-bond donors (Lipinski definition) is 2. The standard InChI is InChI=1S/C18H28N2O2/c1-13-9-10-14(2)20(13)15(3)18(22)19-17-8-4-6-16(12-17)7-5-11-21/h4,6,8,12-15,21H,5,7,9-11H2,1-3H3,(H,19,22)/t13-,14+,15-/m0/s1. The second-order valence-corrected chi connectivity index (χ2v) is 6.42. The van der Waals surface area contributed by atoms with E-state index in [1.807, 2.05) is 31.2 Å². The normalized spacial score (nSPS) is 23.5. The van der Waals surface area contributed by atoms with E-state index in [1.165, 1.54) is 0 Å². The Hall–Kier alpha value is -1.39. The topological polar surface area (TPSA) is 52.6 Å².